The number of hydrogen-bond donors (Lipinski definition) is 3. The van der Waals surface area contributed by atoms with Crippen LogP contribution in [0.25, 0.3) is 21.5 Å². The molecule has 0 bridgehead atoms. The Bertz CT molecular complexity index is 1330. The number of fused-ring (bicyclic) bond motifs is 1. The average molecular weight is 512 g/mol. The molecule has 2 aliphatic rings. The maximum absolute atomic E-state index is 12.7. The molecule has 11 nitrogen and oxygen atoms in total. The summed E-state index contributed by atoms with van der Waals surface area (Å²) < 4.78 is 38.1. The topological polar surface area (TPSA) is 117 Å². The first-order chi connectivity index (χ1) is 18.0. The Morgan fingerprint density at radius 2 is 2.11 bits per heavy atom. The largest absolute Gasteiger partial charge is 0.479 e. The van der Waals surface area contributed by atoms with Crippen molar-refractivity contribution in [1.29, 1.82) is 5.53 Å². The van der Waals surface area contributed by atoms with Gasteiger partial charge in [0.05, 0.1) is 19.3 Å². The summed E-state index contributed by atoms with van der Waals surface area (Å²) in [6, 6.07) is 7.04. The number of hydrogen-bond acceptors (Lipinski definition) is 9. The van der Waals surface area contributed by atoms with Gasteiger partial charge in [0, 0.05) is 30.9 Å². The lowest BCUT2D eigenvalue weighted by molar-refractivity contribution is -0.119. The van der Waals surface area contributed by atoms with E-state index in [4.69, 9.17) is 21.6 Å². The predicted octanol–water partition coefficient (Wildman–Crippen LogP) is 4.27. The second-order valence-corrected chi connectivity index (χ2v) is 9.08. The molecule has 2 saturated heterocycles. The van der Waals surface area contributed by atoms with Gasteiger partial charge in [0.1, 0.15) is 24.4 Å². The molecule has 37 heavy (non-hydrogen) atoms. The van der Waals surface area contributed by atoms with Crippen LogP contribution < -0.4 is 15.4 Å². The molecule has 2 aliphatic heterocycles. The molecule has 3 N–H and O–H groups in total. The molecule has 194 valence electrons. The Balaban J connectivity index is 1.36. The molecule has 5 rings (SSSR count). The van der Waals surface area contributed by atoms with E-state index in [0.717, 1.165) is 37.1 Å². The van der Waals surface area contributed by atoms with Gasteiger partial charge in [-0.15, -0.1) is 5.10 Å². The minimum atomic E-state index is -2.54. The fourth-order valence-electron chi connectivity index (χ4n) is 4.78. The molecule has 3 aromatic rings. The summed E-state index contributed by atoms with van der Waals surface area (Å²) in [4.78, 5) is 10.6. The van der Waals surface area contributed by atoms with Crippen molar-refractivity contribution in [3.05, 3.63) is 41.9 Å². The molecule has 0 atom stereocenters. The molecular weight excluding hydrogens is 484 g/mol. The monoisotopic (exact) mass is 511 g/mol. The second kappa shape index (κ2) is 10.2. The fraction of sp³-hybridized carbons (Fsp3) is 0.458. The van der Waals surface area contributed by atoms with Gasteiger partial charge in [0.25, 0.3) is 6.43 Å². The number of piperidine rings is 1. The van der Waals surface area contributed by atoms with Crippen LogP contribution in [0.15, 0.2) is 35.6 Å². The predicted molar refractivity (Wildman–Crippen MR) is 133 cm³/mol. The van der Waals surface area contributed by atoms with Crippen molar-refractivity contribution in [2.24, 2.45) is 5.11 Å². The smallest absolute Gasteiger partial charge is 0.334 e. The molecule has 0 spiro atoms. The molecular formula is C24H27F2N9O2. The van der Waals surface area contributed by atoms with Crippen LogP contribution in [0.3, 0.4) is 0 Å². The fourth-order valence-corrected chi connectivity index (χ4v) is 4.78. The standard InChI is InChI=1S/C24H27F2N9O2/c1-28-24(13-37-14-24)34-8-5-16(6-9-34)30-23-31-22(36-2)21-17(7-10-35(21)33-23)15-3-4-18(32-27)19(11-15)29-12-20(25)26/h3-4,7,10-11,16,20,27,29H,5-6,8-9,12-14H2,2H3,(H,30,33). The highest BCUT2D eigenvalue weighted by Crippen LogP contribution is 2.36. The molecule has 1 aromatic carbocycles. The summed E-state index contributed by atoms with van der Waals surface area (Å²) in [6.07, 6.45) is 0.943. The highest BCUT2D eigenvalue weighted by Gasteiger charge is 2.52. The van der Waals surface area contributed by atoms with Gasteiger partial charge < -0.3 is 20.1 Å². The number of nitrogens with one attached hydrogen (secondary N) is 3. The van der Waals surface area contributed by atoms with E-state index in [1.165, 1.54) is 7.11 Å². The van der Waals surface area contributed by atoms with E-state index in [2.05, 4.69) is 35.6 Å². The molecule has 2 aromatic heterocycles. The molecule has 0 aliphatic carbocycles. The number of ether oxygens (including phenoxy) is 2. The number of alkyl halides is 2. The van der Waals surface area contributed by atoms with Crippen LogP contribution in [0.2, 0.25) is 0 Å². The van der Waals surface area contributed by atoms with Gasteiger partial charge in [-0.05, 0) is 36.6 Å². The normalized spacial score (nSPS) is 17.8. The zero-order valence-corrected chi connectivity index (χ0v) is 20.2. The second-order valence-electron chi connectivity index (χ2n) is 9.08. The Labute approximate surface area is 212 Å². The van der Waals surface area contributed by atoms with Gasteiger partial charge >= 0.3 is 5.66 Å². The third kappa shape index (κ3) is 4.77. The van der Waals surface area contributed by atoms with Crippen LogP contribution in [0.5, 0.6) is 5.88 Å². The summed E-state index contributed by atoms with van der Waals surface area (Å²) in [5.41, 5.74) is 9.52. The van der Waals surface area contributed by atoms with Crippen LogP contribution in [-0.2, 0) is 4.74 Å². The summed E-state index contributed by atoms with van der Waals surface area (Å²) in [6.45, 7) is 9.50. The number of likely N-dealkylation sites (tertiary alicyclic amines) is 1. The van der Waals surface area contributed by atoms with Crippen LogP contribution >= 0.6 is 0 Å². The van der Waals surface area contributed by atoms with E-state index in [1.807, 2.05) is 6.07 Å². The Morgan fingerprint density at radius 1 is 1.32 bits per heavy atom. The lowest BCUT2D eigenvalue weighted by atomic mass is 9.99. The van der Waals surface area contributed by atoms with Gasteiger partial charge in [-0.3, -0.25) is 4.85 Å². The van der Waals surface area contributed by atoms with Gasteiger partial charge in [-0.1, -0.05) is 6.07 Å². The first-order valence-corrected chi connectivity index (χ1v) is 11.9. The highest BCUT2D eigenvalue weighted by molar-refractivity contribution is 5.87. The zero-order chi connectivity index (χ0) is 26.0. The number of aromatic nitrogens is 3. The van der Waals surface area contributed by atoms with E-state index >= 15 is 0 Å². The summed E-state index contributed by atoms with van der Waals surface area (Å²) >= 11 is 0. The minimum Gasteiger partial charge on any atom is -0.479 e. The summed E-state index contributed by atoms with van der Waals surface area (Å²) in [5, 5.41) is 14.1. The van der Waals surface area contributed by atoms with E-state index < -0.39 is 18.6 Å². The van der Waals surface area contributed by atoms with Gasteiger partial charge in [-0.2, -0.15) is 10.1 Å². The number of anilines is 2. The lowest BCUT2D eigenvalue weighted by Crippen LogP contribution is -2.62. The number of benzene rings is 1. The zero-order valence-electron chi connectivity index (χ0n) is 20.2. The van der Waals surface area contributed by atoms with Crippen molar-refractivity contribution in [2.45, 2.75) is 31.0 Å². The summed E-state index contributed by atoms with van der Waals surface area (Å²) in [7, 11) is 1.53. The van der Waals surface area contributed by atoms with Gasteiger partial charge in [0.2, 0.25) is 11.8 Å². The highest BCUT2D eigenvalue weighted by atomic mass is 19.3. The third-order valence-corrected chi connectivity index (χ3v) is 6.84. The first kappa shape index (κ1) is 24.8. The van der Waals surface area contributed by atoms with Crippen LogP contribution in [0, 0.1) is 12.1 Å². The van der Waals surface area contributed by atoms with Crippen molar-refractivity contribution in [3.8, 4) is 17.0 Å². The van der Waals surface area contributed by atoms with E-state index in [9.17, 15) is 8.78 Å². The maximum atomic E-state index is 12.7. The Morgan fingerprint density at radius 3 is 2.73 bits per heavy atom. The third-order valence-electron chi connectivity index (χ3n) is 6.84. The number of halogens is 2. The average Bonchev–Trinajstić information content (AvgIpc) is 3.31. The first-order valence-electron chi connectivity index (χ1n) is 11.9. The molecule has 13 heteroatoms. The molecule has 4 heterocycles. The molecule has 2 fully saturated rings. The lowest BCUT2D eigenvalue weighted by Gasteiger charge is -2.42. The van der Waals surface area contributed by atoms with Crippen LogP contribution in [0.4, 0.5) is 26.1 Å². The van der Waals surface area contributed by atoms with Gasteiger partial charge in [-0.25, -0.2) is 30.3 Å². The van der Waals surface area contributed by atoms with Crippen molar-refractivity contribution < 1.29 is 18.3 Å². The molecule has 0 amide bonds. The molecule has 0 unspecified atom stereocenters. The number of methoxy groups -OCH3 is 1. The molecule has 0 radical (unpaired) electrons. The van der Waals surface area contributed by atoms with Crippen molar-refractivity contribution in [1.82, 2.24) is 19.5 Å². The van der Waals surface area contributed by atoms with Crippen molar-refractivity contribution >= 4 is 22.8 Å². The quantitative estimate of drug-likeness (QED) is 0.290. The van der Waals surface area contributed by atoms with Crippen LogP contribution in [-0.4, -0.2) is 77.6 Å². The van der Waals surface area contributed by atoms with Crippen LogP contribution in [0.1, 0.15) is 12.8 Å². The number of rotatable bonds is 9. The Kier molecular flexibility index (Phi) is 6.86. The van der Waals surface area contributed by atoms with E-state index in [0.29, 0.717) is 36.2 Å². The van der Waals surface area contributed by atoms with E-state index in [-0.39, 0.29) is 11.7 Å². The Hall–Kier alpha value is -3.89. The summed E-state index contributed by atoms with van der Waals surface area (Å²) in [5.74, 6) is 0.796. The maximum Gasteiger partial charge on any atom is 0.334 e. The molecule has 0 saturated carbocycles. The number of nitrogens with zero attached hydrogens (tertiary/aromatic N) is 6. The van der Waals surface area contributed by atoms with Gasteiger partial charge in [0.15, 0.2) is 0 Å². The SMILES string of the molecule is [C-]#[N+]C1(N2CCC(Nc3nc(OC)c4c(-c5ccc(N=N)c(NCC(F)F)c5)ccn4n3)CC2)COC1. The van der Waals surface area contributed by atoms with E-state index in [1.54, 1.807) is 28.9 Å². The minimum absolute atomic E-state index is 0.154. The van der Waals surface area contributed by atoms with Crippen molar-refractivity contribution in [2.75, 3.05) is 50.6 Å². The van der Waals surface area contributed by atoms with Crippen molar-refractivity contribution in [3.63, 3.8) is 0 Å².